The van der Waals surface area contributed by atoms with Gasteiger partial charge in [-0.15, -0.1) is 0 Å². The Balaban J connectivity index is 1.80. The Hall–Kier alpha value is -2.17. The van der Waals surface area contributed by atoms with Crippen molar-refractivity contribution in [3.63, 3.8) is 0 Å². The zero-order chi connectivity index (χ0) is 12.4. The van der Waals surface area contributed by atoms with E-state index in [0.29, 0.717) is 0 Å². The SMILES string of the molecule is O=C(OC1CCCc2cccnc21)n1ccnc1. The summed E-state index contributed by atoms with van der Waals surface area (Å²) in [6.07, 6.45) is 8.49. The first kappa shape index (κ1) is 11.0. The van der Waals surface area contributed by atoms with E-state index in [9.17, 15) is 4.79 Å². The number of aromatic nitrogens is 3. The van der Waals surface area contributed by atoms with Crippen LogP contribution in [0.15, 0.2) is 37.1 Å². The highest BCUT2D eigenvalue weighted by Gasteiger charge is 2.25. The van der Waals surface area contributed by atoms with E-state index in [1.165, 1.54) is 16.5 Å². The molecule has 0 fully saturated rings. The number of nitrogens with zero attached hydrogens (tertiary/aromatic N) is 3. The van der Waals surface area contributed by atoms with Crippen LogP contribution in [-0.4, -0.2) is 20.6 Å². The lowest BCUT2D eigenvalue weighted by Crippen LogP contribution is -2.20. The summed E-state index contributed by atoms with van der Waals surface area (Å²) in [6.45, 7) is 0. The van der Waals surface area contributed by atoms with E-state index in [1.807, 2.05) is 12.1 Å². The molecule has 0 saturated carbocycles. The maximum atomic E-state index is 11.9. The lowest BCUT2D eigenvalue weighted by atomic mass is 9.94. The van der Waals surface area contributed by atoms with Gasteiger partial charge in [-0.3, -0.25) is 4.98 Å². The van der Waals surface area contributed by atoms with Crippen LogP contribution in [0.3, 0.4) is 0 Å². The van der Waals surface area contributed by atoms with E-state index in [0.717, 1.165) is 25.0 Å². The number of carbonyl (C=O) groups is 1. The van der Waals surface area contributed by atoms with Crippen LogP contribution in [0.5, 0.6) is 0 Å². The van der Waals surface area contributed by atoms with Crippen molar-refractivity contribution in [2.45, 2.75) is 25.4 Å². The van der Waals surface area contributed by atoms with E-state index in [4.69, 9.17) is 4.74 Å². The Kier molecular flexibility index (Phi) is 2.80. The van der Waals surface area contributed by atoms with E-state index in [1.54, 1.807) is 18.6 Å². The highest BCUT2D eigenvalue weighted by molar-refractivity contribution is 5.70. The summed E-state index contributed by atoms with van der Waals surface area (Å²) < 4.78 is 6.81. The summed E-state index contributed by atoms with van der Waals surface area (Å²) in [5, 5.41) is 0. The maximum Gasteiger partial charge on any atom is 0.419 e. The van der Waals surface area contributed by atoms with Crippen LogP contribution in [0, 0.1) is 0 Å². The average molecular weight is 243 g/mol. The van der Waals surface area contributed by atoms with Gasteiger partial charge in [-0.05, 0) is 30.9 Å². The molecule has 5 nitrogen and oxygen atoms in total. The molecular weight excluding hydrogens is 230 g/mol. The fourth-order valence-electron chi connectivity index (χ4n) is 2.23. The molecule has 0 aromatic carbocycles. The van der Waals surface area contributed by atoms with Gasteiger partial charge in [0.25, 0.3) is 0 Å². The number of imidazole rings is 1. The molecular formula is C13H13N3O2. The van der Waals surface area contributed by atoms with E-state index in [-0.39, 0.29) is 6.10 Å². The monoisotopic (exact) mass is 243 g/mol. The molecule has 2 aromatic heterocycles. The second kappa shape index (κ2) is 4.60. The van der Waals surface area contributed by atoms with Gasteiger partial charge in [-0.25, -0.2) is 14.3 Å². The van der Waals surface area contributed by atoms with Gasteiger partial charge in [0.2, 0.25) is 0 Å². The molecule has 1 atom stereocenters. The Morgan fingerprint density at radius 2 is 2.39 bits per heavy atom. The summed E-state index contributed by atoms with van der Waals surface area (Å²) in [5.41, 5.74) is 2.06. The fourth-order valence-corrected chi connectivity index (χ4v) is 2.23. The van der Waals surface area contributed by atoms with E-state index in [2.05, 4.69) is 9.97 Å². The molecule has 3 rings (SSSR count). The Bertz CT molecular complexity index is 551. The first-order valence-electron chi connectivity index (χ1n) is 5.97. The molecule has 0 radical (unpaired) electrons. The zero-order valence-electron chi connectivity index (χ0n) is 9.82. The van der Waals surface area contributed by atoms with Crippen molar-refractivity contribution in [1.29, 1.82) is 0 Å². The minimum absolute atomic E-state index is 0.246. The Morgan fingerprint density at radius 1 is 1.44 bits per heavy atom. The molecule has 0 spiro atoms. The molecule has 5 heteroatoms. The lowest BCUT2D eigenvalue weighted by molar-refractivity contribution is 0.0860. The van der Waals surface area contributed by atoms with Crippen molar-refractivity contribution < 1.29 is 9.53 Å². The smallest absolute Gasteiger partial charge is 0.419 e. The van der Waals surface area contributed by atoms with Gasteiger partial charge >= 0.3 is 6.09 Å². The summed E-state index contributed by atoms with van der Waals surface area (Å²) in [6, 6.07) is 3.96. The predicted molar refractivity (Wildman–Crippen MR) is 64.0 cm³/mol. The quantitative estimate of drug-likeness (QED) is 0.771. The van der Waals surface area contributed by atoms with E-state index < -0.39 is 6.09 Å². The summed E-state index contributed by atoms with van der Waals surface area (Å²) in [4.78, 5) is 20.0. The second-order valence-corrected chi connectivity index (χ2v) is 4.28. The third-order valence-corrected chi connectivity index (χ3v) is 3.10. The number of pyridine rings is 1. The van der Waals surface area contributed by atoms with Gasteiger partial charge in [-0.2, -0.15) is 0 Å². The van der Waals surface area contributed by atoms with Crippen LogP contribution in [0.2, 0.25) is 0 Å². The van der Waals surface area contributed by atoms with Crippen LogP contribution in [0.1, 0.15) is 30.2 Å². The van der Waals surface area contributed by atoms with Crippen molar-refractivity contribution in [3.8, 4) is 0 Å². The minimum Gasteiger partial charge on any atom is -0.439 e. The zero-order valence-corrected chi connectivity index (χ0v) is 9.82. The summed E-state index contributed by atoms with van der Waals surface area (Å²) >= 11 is 0. The molecule has 2 heterocycles. The van der Waals surface area contributed by atoms with Crippen LogP contribution in [0.4, 0.5) is 4.79 Å². The number of carbonyl (C=O) groups excluding carboxylic acids is 1. The number of hydrogen-bond donors (Lipinski definition) is 0. The van der Waals surface area contributed by atoms with Gasteiger partial charge < -0.3 is 4.74 Å². The minimum atomic E-state index is -0.406. The molecule has 92 valence electrons. The Morgan fingerprint density at radius 3 is 3.22 bits per heavy atom. The molecule has 0 bridgehead atoms. The Labute approximate surface area is 104 Å². The first-order chi connectivity index (χ1) is 8.84. The molecule has 18 heavy (non-hydrogen) atoms. The lowest BCUT2D eigenvalue weighted by Gasteiger charge is -2.23. The van der Waals surface area contributed by atoms with Crippen LogP contribution in [-0.2, 0) is 11.2 Å². The number of ether oxygens (including phenoxy) is 1. The maximum absolute atomic E-state index is 11.9. The summed E-state index contributed by atoms with van der Waals surface area (Å²) in [7, 11) is 0. The third kappa shape index (κ3) is 1.99. The normalized spacial score (nSPS) is 18.1. The third-order valence-electron chi connectivity index (χ3n) is 3.10. The van der Waals surface area contributed by atoms with Gasteiger partial charge in [-0.1, -0.05) is 6.07 Å². The molecule has 0 aliphatic heterocycles. The number of aryl methyl sites for hydroxylation is 1. The number of hydrogen-bond acceptors (Lipinski definition) is 4. The molecule has 0 saturated heterocycles. The van der Waals surface area contributed by atoms with Gasteiger partial charge in [0.1, 0.15) is 12.4 Å². The molecule has 1 aliphatic rings. The van der Waals surface area contributed by atoms with Crippen LogP contribution < -0.4 is 0 Å². The van der Waals surface area contributed by atoms with Crippen LogP contribution >= 0.6 is 0 Å². The average Bonchev–Trinajstić information content (AvgIpc) is 2.93. The highest BCUT2D eigenvalue weighted by atomic mass is 16.6. The molecule has 1 aliphatic carbocycles. The number of rotatable bonds is 1. The van der Waals surface area contributed by atoms with E-state index >= 15 is 0 Å². The summed E-state index contributed by atoms with van der Waals surface area (Å²) in [5.74, 6) is 0. The fraction of sp³-hybridized carbons (Fsp3) is 0.308. The molecule has 1 unspecified atom stereocenters. The van der Waals surface area contributed by atoms with Crippen molar-refractivity contribution >= 4 is 6.09 Å². The van der Waals surface area contributed by atoms with Gasteiger partial charge in [0, 0.05) is 18.6 Å². The molecule has 2 aromatic rings. The van der Waals surface area contributed by atoms with Crippen molar-refractivity contribution in [2.24, 2.45) is 0 Å². The largest absolute Gasteiger partial charge is 0.439 e. The molecule has 0 amide bonds. The van der Waals surface area contributed by atoms with Crippen molar-refractivity contribution in [2.75, 3.05) is 0 Å². The van der Waals surface area contributed by atoms with Crippen LogP contribution in [0.25, 0.3) is 0 Å². The topological polar surface area (TPSA) is 57.0 Å². The highest BCUT2D eigenvalue weighted by Crippen LogP contribution is 2.30. The van der Waals surface area contributed by atoms with Gasteiger partial charge in [0.05, 0.1) is 5.69 Å². The van der Waals surface area contributed by atoms with Crippen molar-refractivity contribution in [3.05, 3.63) is 48.3 Å². The number of fused-ring (bicyclic) bond motifs is 1. The standard InChI is InChI=1S/C13H13N3O2/c17-13(16-8-7-14-9-16)18-11-5-1-3-10-4-2-6-15-12(10)11/h2,4,6-9,11H,1,3,5H2. The first-order valence-corrected chi connectivity index (χ1v) is 5.97. The second-order valence-electron chi connectivity index (χ2n) is 4.28. The van der Waals surface area contributed by atoms with Crippen molar-refractivity contribution in [1.82, 2.24) is 14.5 Å². The predicted octanol–water partition coefficient (Wildman–Crippen LogP) is 2.34. The van der Waals surface area contributed by atoms with Gasteiger partial charge in [0.15, 0.2) is 0 Å². The molecule has 0 N–H and O–H groups in total.